The molecule has 3 rings (SSSR count). The molecular weight excluding hydrogens is 242 g/mol. The topological polar surface area (TPSA) is 32.6 Å². The van der Waals surface area contributed by atoms with Crippen molar-refractivity contribution >= 4 is 15.6 Å². The molecule has 1 aromatic carbocycles. The number of benzene rings is 1. The summed E-state index contributed by atoms with van der Waals surface area (Å²) < 4.78 is 0. The Hall–Kier alpha value is -1.22. The molecule has 0 spiro atoms. The second kappa shape index (κ2) is 4.81. The van der Waals surface area contributed by atoms with Gasteiger partial charge in [-0.25, -0.2) is 0 Å². The van der Waals surface area contributed by atoms with Crippen LogP contribution in [-0.4, -0.2) is 15.9 Å². The lowest BCUT2D eigenvalue weighted by molar-refractivity contribution is 0.475. The minimum atomic E-state index is -1.04. The molecule has 0 saturated heterocycles. The van der Waals surface area contributed by atoms with Crippen molar-refractivity contribution < 1.29 is 5.11 Å². The van der Waals surface area contributed by atoms with Crippen molar-refractivity contribution in [2.75, 3.05) is 0 Å². The van der Waals surface area contributed by atoms with E-state index in [-0.39, 0.29) is 0 Å². The van der Waals surface area contributed by atoms with E-state index in [2.05, 4.69) is 28.1 Å². The van der Waals surface area contributed by atoms with Crippen LogP contribution in [0.4, 0.5) is 0 Å². The van der Waals surface area contributed by atoms with E-state index >= 15 is 0 Å². The molecular formula is C15H19NOS. The van der Waals surface area contributed by atoms with Crippen molar-refractivity contribution in [3.05, 3.63) is 35.9 Å². The summed E-state index contributed by atoms with van der Waals surface area (Å²) in [6.07, 6.45) is 8.65. The molecule has 1 atom stereocenters. The summed E-state index contributed by atoms with van der Waals surface area (Å²) in [5, 5.41) is 12.5. The summed E-state index contributed by atoms with van der Waals surface area (Å²) in [6.45, 7) is 0. The van der Waals surface area contributed by atoms with Crippen LogP contribution in [0.1, 0.15) is 32.1 Å². The molecule has 0 radical (unpaired) electrons. The Balaban J connectivity index is 1.98. The number of aliphatic imine (C=N–C) groups is 1. The van der Waals surface area contributed by atoms with Gasteiger partial charge in [0, 0.05) is 11.4 Å². The van der Waals surface area contributed by atoms with Crippen LogP contribution >= 0.6 is 10.0 Å². The van der Waals surface area contributed by atoms with E-state index < -0.39 is 10.0 Å². The van der Waals surface area contributed by atoms with Crippen LogP contribution in [0.3, 0.4) is 0 Å². The zero-order chi connectivity index (χ0) is 12.4. The van der Waals surface area contributed by atoms with Crippen LogP contribution in [0.25, 0.3) is 0 Å². The number of hydrogen-bond acceptors (Lipinski definition) is 2. The predicted molar refractivity (Wildman–Crippen MR) is 78.5 cm³/mol. The molecule has 1 aliphatic carbocycles. The monoisotopic (exact) mass is 261 g/mol. The molecule has 2 aliphatic rings. The number of phenolic OH excluding ortho intramolecular Hbond substituents is 1. The fourth-order valence-corrected chi connectivity index (χ4v) is 6.37. The predicted octanol–water partition coefficient (Wildman–Crippen LogP) is 4.40. The van der Waals surface area contributed by atoms with Crippen LogP contribution in [0.5, 0.6) is 5.75 Å². The standard InChI is InChI=1S/C15H19NOS/c17-13-6-8-15(9-7-13)18(11-10-16-12-18)14-4-2-1-3-5-14/h6-12,14,17H,1-5H2. The number of phenols is 1. The molecule has 1 saturated carbocycles. The lowest BCUT2D eigenvalue weighted by Gasteiger charge is -2.41. The minimum absolute atomic E-state index is 0.343. The van der Waals surface area contributed by atoms with Crippen molar-refractivity contribution in [1.29, 1.82) is 0 Å². The van der Waals surface area contributed by atoms with E-state index in [4.69, 9.17) is 0 Å². The van der Waals surface area contributed by atoms with Gasteiger partial charge in [-0.3, -0.25) is 4.99 Å². The van der Waals surface area contributed by atoms with Crippen molar-refractivity contribution in [1.82, 2.24) is 0 Å². The van der Waals surface area contributed by atoms with Gasteiger partial charge < -0.3 is 5.11 Å². The first-order valence-electron chi connectivity index (χ1n) is 6.62. The van der Waals surface area contributed by atoms with Gasteiger partial charge in [0.2, 0.25) is 0 Å². The molecule has 1 heterocycles. The van der Waals surface area contributed by atoms with E-state index in [1.807, 2.05) is 6.20 Å². The molecule has 2 nitrogen and oxygen atoms in total. The average molecular weight is 261 g/mol. The number of hydrogen-bond donors (Lipinski definition) is 1. The summed E-state index contributed by atoms with van der Waals surface area (Å²) in [7, 11) is -1.04. The Morgan fingerprint density at radius 2 is 1.78 bits per heavy atom. The Morgan fingerprint density at radius 1 is 1.06 bits per heavy atom. The van der Waals surface area contributed by atoms with Gasteiger partial charge in [0.15, 0.2) is 0 Å². The quantitative estimate of drug-likeness (QED) is 0.840. The van der Waals surface area contributed by atoms with Crippen molar-refractivity contribution in [2.24, 2.45) is 4.99 Å². The molecule has 1 aromatic rings. The molecule has 0 bridgehead atoms. The Labute approximate surface area is 110 Å². The average Bonchev–Trinajstić information content (AvgIpc) is 2.91. The lowest BCUT2D eigenvalue weighted by atomic mass is 10.0. The van der Waals surface area contributed by atoms with Gasteiger partial charge in [-0.2, -0.15) is 10.0 Å². The normalized spacial score (nSPS) is 31.3. The fourth-order valence-electron chi connectivity index (χ4n) is 2.97. The van der Waals surface area contributed by atoms with Crippen molar-refractivity contribution in [2.45, 2.75) is 42.2 Å². The van der Waals surface area contributed by atoms with E-state index in [0.29, 0.717) is 5.75 Å². The maximum absolute atomic E-state index is 9.45. The number of nitrogens with zero attached hydrogens (tertiary/aromatic N) is 1. The van der Waals surface area contributed by atoms with Gasteiger partial charge in [-0.05, 0) is 47.4 Å². The SMILES string of the molecule is Oc1ccc(S2(C3CCCCC3)C=CN=C2)cc1. The van der Waals surface area contributed by atoms with E-state index in [1.54, 1.807) is 12.1 Å². The zero-order valence-electron chi connectivity index (χ0n) is 10.5. The third-order valence-electron chi connectivity index (χ3n) is 3.96. The smallest absolute Gasteiger partial charge is 0.115 e. The second-order valence-electron chi connectivity index (χ2n) is 5.06. The number of rotatable bonds is 2. The fraction of sp³-hybridized carbons (Fsp3) is 0.400. The molecule has 18 heavy (non-hydrogen) atoms. The molecule has 0 aromatic heterocycles. The zero-order valence-corrected chi connectivity index (χ0v) is 11.3. The van der Waals surface area contributed by atoms with Crippen LogP contribution in [0.15, 0.2) is 45.8 Å². The highest BCUT2D eigenvalue weighted by molar-refractivity contribution is 8.46. The van der Waals surface area contributed by atoms with Gasteiger partial charge in [-0.1, -0.05) is 19.3 Å². The first kappa shape index (κ1) is 11.8. The Kier molecular flexibility index (Phi) is 3.16. The lowest BCUT2D eigenvalue weighted by Crippen LogP contribution is -2.20. The summed E-state index contributed by atoms with van der Waals surface area (Å²) >= 11 is 0. The molecule has 1 fully saturated rings. The van der Waals surface area contributed by atoms with E-state index in [0.717, 1.165) is 5.25 Å². The molecule has 1 aliphatic heterocycles. The summed E-state index contributed by atoms with van der Waals surface area (Å²) in [5.41, 5.74) is 2.18. The number of aromatic hydroxyl groups is 1. The Morgan fingerprint density at radius 3 is 2.39 bits per heavy atom. The van der Waals surface area contributed by atoms with Crippen LogP contribution in [0, 0.1) is 0 Å². The Bertz CT molecular complexity index is 460. The van der Waals surface area contributed by atoms with Crippen LogP contribution in [0.2, 0.25) is 0 Å². The highest BCUT2D eigenvalue weighted by atomic mass is 32.3. The molecule has 0 amide bonds. The van der Waals surface area contributed by atoms with Gasteiger partial charge in [-0.15, -0.1) is 0 Å². The van der Waals surface area contributed by atoms with E-state index in [9.17, 15) is 5.11 Å². The second-order valence-corrected chi connectivity index (χ2v) is 8.20. The van der Waals surface area contributed by atoms with Crippen LogP contribution in [-0.2, 0) is 0 Å². The summed E-state index contributed by atoms with van der Waals surface area (Å²) in [5.74, 6) is 0.343. The van der Waals surface area contributed by atoms with Gasteiger partial charge in [0.25, 0.3) is 0 Å². The van der Waals surface area contributed by atoms with E-state index in [1.165, 1.54) is 37.0 Å². The van der Waals surface area contributed by atoms with Crippen molar-refractivity contribution in [3.8, 4) is 5.75 Å². The molecule has 3 heteroatoms. The van der Waals surface area contributed by atoms with Gasteiger partial charge in [0.1, 0.15) is 5.75 Å². The summed E-state index contributed by atoms with van der Waals surface area (Å²) in [6, 6.07) is 7.74. The highest BCUT2D eigenvalue weighted by Gasteiger charge is 2.34. The minimum Gasteiger partial charge on any atom is -0.508 e. The summed E-state index contributed by atoms with van der Waals surface area (Å²) in [4.78, 5) is 5.72. The van der Waals surface area contributed by atoms with Gasteiger partial charge in [0.05, 0.1) is 5.55 Å². The maximum atomic E-state index is 9.45. The molecule has 1 N–H and O–H groups in total. The molecule has 96 valence electrons. The van der Waals surface area contributed by atoms with Crippen LogP contribution < -0.4 is 0 Å². The third kappa shape index (κ3) is 1.97. The third-order valence-corrected chi connectivity index (χ3v) is 7.66. The highest BCUT2D eigenvalue weighted by Crippen LogP contribution is 2.64. The van der Waals surface area contributed by atoms with Gasteiger partial charge >= 0.3 is 0 Å². The first-order chi connectivity index (χ1) is 8.81. The maximum Gasteiger partial charge on any atom is 0.115 e. The van der Waals surface area contributed by atoms with Crippen molar-refractivity contribution in [3.63, 3.8) is 0 Å². The first-order valence-corrected chi connectivity index (χ1v) is 8.44. The largest absolute Gasteiger partial charge is 0.508 e. The molecule has 1 unspecified atom stereocenters.